The van der Waals surface area contributed by atoms with Gasteiger partial charge in [-0.3, -0.25) is 9.35 Å². The van der Waals surface area contributed by atoms with E-state index in [0.29, 0.717) is 5.56 Å². The third-order valence-corrected chi connectivity index (χ3v) is 3.07. The molecule has 1 amide bonds. The van der Waals surface area contributed by atoms with Crippen molar-refractivity contribution >= 4 is 16.0 Å². The lowest BCUT2D eigenvalue weighted by Crippen LogP contribution is -2.12. The Morgan fingerprint density at radius 1 is 1.22 bits per heavy atom. The number of nitrogens with two attached hydrogens (primary N) is 1. The van der Waals surface area contributed by atoms with Gasteiger partial charge in [0.1, 0.15) is 5.69 Å². The number of carbonyl (C=O) groups is 1. The van der Waals surface area contributed by atoms with E-state index in [9.17, 15) is 13.2 Å². The predicted octanol–water partition coefficient (Wildman–Crippen LogP) is -0.183. The first-order valence-corrected chi connectivity index (χ1v) is 6.12. The summed E-state index contributed by atoms with van der Waals surface area (Å²) in [5.74, 6) is -0.752. The Labute approximate surface area is 102 Å². The van der Waals surface area contributed by atoms with Gasteiger partial charge in [-0.25, -0.2) is 0 Å². The number of H-pyrrole nitrogens is 1. The van der Waals surface area contributed by atoms with Gasteiger partial charge in [0.25, 0.3) is 16.0 Å². The molecule has 0 aliphatic heterocycles. The molecule has 18 heavy (non-hydrogen) atoms. The number of carbonyl (C=O) groups excluding carboxylic acids is 1. The molecule has 0 bridgehead atoms. The van der Waals surface area contributed by atoms with Crippen molar-refractivity contribution in [3.05, 3.63) is 30.0 Å². The fraction of sp³-hybridized carbons (Fsp3) is 0. The highest BCUT2D eigenvalue weighted by atomic mass is 32.2. The lowest BCUT2D eigenvalue weighted by Gasteiger charge is -2.00. The molecule has 9 heteroatoms. The standard InChI is InChI=1S/C9H8N4O4S/c10-9(14)8-7(11-13-12-8)5-1-3-6(4-2-5)18(15,16)17/h1-4H,(H2,10,14)(H,11,12,13)(H,15,16,17). The van der Waals surface area contributed by atoms with Gasteiger partial charge in [-0.2, -0.15) is 23.8 Å². The summed E-state index contributed by atoms with van der Waals surface area (Å²) in [6.45, 7) is 0. The zero-order valence-corrected chi connectivity index (χ0v) is 9.68. The number of nitrogens with zero attached hydrogens (tertiary/aromatic N) is 2. The summed E-state index contributed by atoms with van der Waals surface area (Å²) in [6, 6.07) is 5.13. The summed E-state index contributed by atoms with van der Waals surface area (Å²) in [4.78, 5) is 10.8. The van der Waals surface area contributed by atoms with E-state index < -0.39 is 16.0 Å². The van der Waals surface area contributed by atoms with Gasteiger partial charge in [-0.1, -0.05) is 12.1 Å². The van der Waals surface area contributed by atoms with Gasteiger partial charge in [0.2, 0.25) is 0 Å². The monoisotopic (exact) mass is 268 g/mol. The quantitative estimate of drug-likeness (QED) is 0.659. The van der Waals surface area contributed by atoms with E-state index in [1.165, 1.54) is 24.3 Å². The van der Waals surface area contributed by atoms with E-state index in [1.807, 2.05) is 0 Å². The van der Waals surface area contributed by atoms with Crippen molar-refractivity contribution in [3.8, 4) is 11.3 Å². The predicted molar refractivity (Wildman–Crippen MR) is 60.2 cm³/mol. The number of rotatable bonds is 3. The van der Waals surface area contributed by atoms with Crippen LogP contribution in [-0.2, 0) is 10.1 Å². The molecule has 2 rings (SSSR count). The first-order valence-electron chi connectivity index (χ1n) is 4.68. The number of hydrogen-bond acceptors (Lipinski definition) is 5. The lowest BCUT2D eigenvalue weighted by molar-refractivity contribution is 0.0996. The highest BCUT2D eigenvalue weighted by Crippen LogP contribution is 2.21. The first-order chi connectivity index (χ1) is 8.39. The SMILES string of the molecule is NC(=O)c1n[nH]nc1-c1ccc(S(=O)(=O)O)cc1. The summed E-state index contributed by atoms with van der Waals surface area (Å²) in [7, 11) is -4.25. The highest BCUT2D eigenvalue weighted by molar-refractivity contribution is 7.85. The molecule has 0 fully saturated rings. The topological polar surface area (TPSA) is 139 Å². The maximum absolute atomic E-state index is 11.0. The molecule has 0 unspecified atom stereocenters. The molecule has 94 valence electrons. The average Bonchev–Trinajstić information content (AvgIpc) is 2.77. The largest absolute Gasteiger partial charge is 0.364 e. The third-order valence-electron chi connectivity index (χ3n) is 2.21. The van der Waals surface area contributed by atoms with Crippen molar-refractivity contribution in [2.75, 3.05) is 0 Å². The molecule has 0 radical (unpaired) electrons. The maximum atomic E-state index is 11.0. The Kier molecular flexibility index (Phi) is 2.85. The summed E-state index contributed by atoms with van der Waals surface area (Å²) in [5, 5.41) is 9.59. The fourth-order valence-electron chi connectivity index (χ4n) is 1.39. The Hall–Kier alpha value is -2.26. The number of aromatic amines is 1. The highest BCUT2D eigenvalue weighted by Gasteiger charge is 2.16. The molecular formula is C9H8N4O4S. The molecule has 2 aromatic rings. The van der Waals surface area contributed by atoms with Gasteiger partial charge in [-0.15, -0.1) is 0 Å². The van der Waals surface area contributed by atoms with Gasteiger partial charge >= 0.3 is 0 Å². The summed E-state index contributed by atoms with van der Waals surface area (Å²) < 4.78 is 30.5. The van der Waals surface area contributed by atoms with Crippen molar-refractivity contribution in [2.45, 2.75) is 4.90 Å². The second kappa shape index (κ2) is 4.20. The third kappa shape index (κ3) is 2.21. The molecule has 0 aliphatic carbocycles. The molecule has 8 nitrogen and oxygen atoms in total. The van der Waals surface area contributed by atoms with Crippen LogP contribution >= 0.6 is 0 Å². The van der Waals surface area contributed by atoms with Gasteiger partial charge in [0, 0.05) is 5.56 Å². The van der Waals surface area contributed by atoms with Crippen LogP contribution in [0.1, 0.15) is 10.5 Å². The number of primary amides is 1. The minimum atomic E-state index is -4.25. The second-order valence-electron chi connectivity index (χ2n) is 3.38. The van der Waals surface area contributed by atoms with E-state index >= 15 is 0 Å². The van der Waals surface area contributed by atoms with Crippen molar-refractivity contribution in [1.82, 2.24) is 15.4 Å². The first kappa shape index (κ1) is 12.2. The van der Waals surface area contributed by atoms with E-state index in [4.69, 9.17) is 10.3 Å². The summed E-state index contributed by atoms with van der Waals surface area (Å²) >= 11 is 0. The van der Waals surface area contributed by atoms with E-state index in [1.54, 1.807) is 0 Å². The summed E-state index contributed by atoms with van der Waals surface area (Å²) in [6.07, 6.45) is 0. The number of nitrogens with one attached hydrogen (secondary N) is 1. The molecule has 0 saturated heterocycles. The van der Waals surface area contributed by atoms with Gasteiger partial charge in [-0.05, 0) is 12.1 Å². The molecule has 1 aromatic carbocycles. The van der Waals surface area contributed by atoms with Crippen LogP contribution in [0.15, 0.2) is 29.2 Å². The van der Waals surface area contributed by atoms with Crippen molar-refractivity contribution in [2.24, 2.45) is 5.73 Å². The van der Waals surface area contributed by atoms with Crippen LogP contribution in [0.2, 0.25) is 0 Å². The molecule has 0 saturated carbocycles. The molecule has 0 atom stereocenters. The van der Waals surface area contributed by atoms with E-state index in [0.717, 1.165) is 0 Å². The van der Waals surface area contributed by atoms with Gasteiger partial charge in [0.05, 0.1) is 4.90 Å². The number of aromatic nitrogens is 3. The summed E-state index contributed by atoms with van der Waals surface area (Å²) in [5.41, 5.74) is 5.71. The zero-order chi connectivity index (χ0) is 13.3. The number of hydrogen-bond donors (Lipinski definition) is 3. The Bertz CT molecular complexity index is 690. The van der Waals surface area contributed by atoms with Crippen LogP contribution in [0.3, 0.4) is 0 Å². The molecule has 1 aromatic heterocycles. The molecule has 0 aliphatic rings. The average molecular weight is 268 g/mol. The Balaban J connectivity index is 2.47. The normalized spacial score (nSPS) is 11.4. The second-order valence-corrected chi connectivity index (χ2v) is 4.81. The van der Waals surface area contributed by atoms with Crippen LogP contribution in [0.25, 0.3) is 11.3 Å². The van der Waals surface area contributed by atoms with Crippen molar-refractivity contribution in [3.63, 3.8) is 0 Å². The van der Waals surface area contributed by atoms with Gasteiger partial charge in [0.15, 0.2) is 5.69 Å². The Morgan fingerprint density at radius 3 is 2.33 bits per heavy atom. The van der Waals surface area contributed by atoms with E-state index in [2.05, 4.69) is 15.4 Å². The molecule has 0 spiro atoms. The molecule has 1 heterocycles. The maximum Gasteiger partial charge on any atom is 0.294 e. The van der Waals surface area contributed by atoms with Crippen LogP contribution in [0.4, 0.5) is 0 Å². The Morgan fingerprint density at radius 2 is 1.83 bits per heavy atom. The smallest absolute Gasteiger partial charge is 0.294 e. The number of amides is 1. The van der Waals surface area contributed by atoms with Crippen LogP contribution in [0.5, 0.6) is 0 Å². The van der Waals surface area contributed by atoms with E-state index in [-0.39, 0.29) is 16.3 Å². The molecular weight excluding hydrogens is 260 g/mol. The van der Waals surface area contributed by atoms with Crippen molar-refractivity contribution < 1.29 is 17.8 Å². The zero-order valence-electron chi connectivity index (χ0n) is 8.86. The van der Waals surface area contributed by atoms with Crippen molar-refractivity contribution in [1.29, 1.82) is 0 Å². The lowest BCUT2D eigenvalue weighted by atomic mass is 10.1. The fourth-order valence-corrected chi connectivity index (χ4v) is 1.87. The van der Waals surface area contributed by atoms with Crippen LogP contribution in [0, 0.1) is 0 Å². The number of benzene rings is 1. The minimum Gasteiger partial charge on any atom is -0.364 e. The van der Waals surface area contributed by atoms with Gasteiger partial charge < -0.3 is 5.73 Å². The van der Waals surface area contributed by atoms with Crippen LogP contribution < -0.4 is 5.73 Å². The minimum absolute atomic E-state index is 0.0467. The molecule has 4 N–H and O–H groups in total. The van der Waals surface area contributed by atoms with Crippen LogP contribution in [-0.4, -0.2) is 34.3 Å².